The molecular weight excluding hydrogens is 344 g/mol. The van der Waals surface area contributed by atoms with E-state index in [4.69, 9.17) is 11.5 Å². The molecule has 142 valence electrons. The molecule has 0 bridgehead atoms. The highest BCUT2D eigenvalue weighted by atomic mass is 16.5. The number of carbonyl (C=O) groups excluding carboxylic acids is 2. The lowest BCUT2D eigenvalue weighted by Crippen LogP contribution is -2.33. The van der Waals surface area contributed by atoms with Gasteiger partial charge in [0, 0.05) is 31.0 Å². The van der Waals surface area contributed by atoms with Crippen LogP contribution in [0.5, 0.6) is 0 Å². The molecule has 2 amide bonds. The van der Waals surface area contributed by atoms with E-state index in [0.29, 0.717) is 26.1 Å². The Morgan fingerprint density at radius 2 is 1.48 bits per heavy atom. The van der Waals surface area contributed by atoms with Crippen LogP contribution in [0.1, 0.15) is 11.1 Å². The number of urea groups is 1. The molecule has 1 aliphatic heterocycles. The van der Waals surface area contributed by atoms with Crippen LogP contribution in [-0.4, -0.2) is 38.2 Å². The van der Waals surface area contributed by atoms with Gasteiger partial charge >= 0.3 is 12.0 Å². The van der Waals surface area contributed by atoms with Crippen molar-refractivity contribution in [3.05, 3.63) is 59.7 Å². The molecule has 1 atom stereocenters. The maximum atomic E-state index is 12.8. The lowest BCUT2D eigenvalue weighted by atomic mass is 10.1. The van der Waals surface area contributed by atoms with E-state index in [1.54, 1.807) is 9.80 Å². The van der Waals surface area contributed by atoms with E-state index in [9.17, 15) is 9.59 Å². The van der Waals surface area contributed by atoms with Crippen molar-refractivity contribution in [2.45, 2.75) is 19.0 Å². The second-order valence-electron chi connectivity index (χ2n) is 6.46. The van der Waals surface area contributed by atoms with Crippen molar-refractivity contribution >= 4 is 23.4 Å². The van der Waals surface area contributed by atoms with Crippen molar-refractivity contribution in [2.75, 3.05) is 30.0 Å². The van der Waals surface area contributed by atoms with Crippen molar-refractivity contribution in [1.29, 1.82) is 0 Å². The van der Waals surface area contributed by atoms with Crippen LogP contribution in [0.15, 0.2) is 48.5 Å². The molecule has 1 unspecified atom stereocenters. The number of amides is 2. The van der Waals surface area contributed by atoms with Gasteiger partial charge in [-0.15, -0.1) is 0 Å². The summed E-state index contributed by atoms with van der Waals surface area (Å²) in [6.45, 7) is 1.71. The van der Waals surface area contributed by atoms with Gasteiger partial charge in [-0.05, 0) is 41.8 Å². The Kier molecular flexibility index (Phi) is 5.73. The number of hydrogen-bond donors (Lipinski definition) is 2. The highest BCUT2D eigenvalue weighted by Gasteiger charge is 2.30. The normalized spacial score (nSPS) is 15.1. The Morgan fingerprint density at radius 1 is 1.00 bits per heavy atom. The van der Waals surface area contributed by atoms with E-state index in [1.807, 2.05) is 48.5 Å². The molecular formula is C20H24N4O3. The van der Waals surface area contributed by atoms with Crippen molar-refractivity contribution in [3.8, 4) is 0 Å². The van der Waals surface area contributed by atoms with E-state index in [-0.39, 0.29) is 6.03 Å². The van der Waals surface area contributed by atoms with Crippen LogP contribution in [0.2, 0.25) is 0 Å². The van der Waals surface area contributed by atoms with Crippen molar-refractivity contribution in [1.82, 2.24) is 0 Å². The molecule has 0 aliphatic carbocycles. The summed E-state index contributed by atoms with van der Waals surface area (Å²) in [5, 5.41) is 0. The number of hydrogen-bond acceptors (Lipinski definition) is 5. The summed E-state index contributed by atoms with van der Waals surface area (Å²) in [7, 11) is 1.32. The number of benzene rings is 2. The Bertz CT molecular complexity index is 805. The zero-order valence-electron chi connectivity index (χ0n) is 15.3. The van der Waals surface area contributed by atoms with Crippen LogP contribution in [0.25, 0.3) is 0 Å². The summed E-state index contributed by atoms with van der Waals surface area (Å²) < 4.78 is 4.64. The smallest absolute Gasteiger partial charge is 0.329 e. The average molecular weight is 368 g/mol. The predicted molar refractivity (Wildman–Crippen MR) is 105 cm³/mol. The van der Waals surface area contributed by atoms with Gasteiger partial charge in [0.2, 0.25) is 0 Å². The SMILES string of the molecule is COC(=O)C(N)Cc1ccc(N2CCN(c3ccc(CN)cc3)C2=O)cc1. The van der Waals surface area contributed by atoms with E-state index >= 15 is 0 Å². The standard InChI is InChI=1S/C20H24N4O3/c1-27-19(25)18(22)12-14-2-6-16(7-3-14)23-10-11-24(20(23)26)17-8-4-15(13-21)5-9-17/h2-9,18H,10-13,21-22H2,1H3. The molecule has 1 saturated heterocycles. The summed E-state index contributed by atoms with van der Waals surface area (Å²) in [5.74, 6) is -0.440. The fraction of sp³-hybridized carbons (Fsp3) is 0.300. The summed E-state index contributed by atoms with van der Waals surface area (Å²) in [6.07, 6.45) is 0.389. The number of ether oxygens (including phenoxy) is 1. The monoisotopic (exact) mass is 368 g/mol. The number of carbonyl (C=O) groups is 2. The molecule has 0 aromatic heterocycles. The fourth-order valence-corrected chi connectivity index (χ4v) is 3.13. The molecule has 2 aromatic rings. The number of nitrogens with zero attached hydrogens (tertiary/aromatic N) is 2. The molecule has 27 heavy (non-hydrogen) atoms. The number of rotatable bonds is 6. The fourth-order valence-electron chi connectivity index (χ4n) is 3.13. The number of methoxy groups -OCH3 is 1. The van der Waals surface area contributed by atoms with Gasteiger partial charge in [0.25, 0.3) is 0 Å². The first-order valence-corrected chi connectivity index (χ1v) is 8.84. The number of esters is 1. The number of anilines is 2. The molecule has 0 radical (unpaired) electrons. The van der Waals surface area contributed by atoms with Gasteiger partial charge in [-0.2, -0.15) is 0 Å². The zero-order valence-corrected chi connectivity index (χ0v) is 15.3. The maximum Gasteiger partial charge on any atom is 0.329 e. The Balaban J connectivity index is 1.68. The zero-order chi connectivity index (χ0) is 19.4. The Labute approximate surface area is 158 Å². The Morgan fingerprint density at radius 3 is 1.93 bits per heavy atom. The molecule has 0 saturated carbocycles. The molecule has 7 nitrogen and oxygen atoms in total. The van der Waals surface area contributed by atoms with Crippen LogP contribution in [0.4, 0.5) is 16.2 Å². The van der Waals surface area contributed by atoms with Gasteiger partial charge in [0.05, 0.1) is 7.11 Å². The molecule has 1 aliphatic rings. The quantitative estimate of drug-likeness (QED) is 0.755. The highest BCUT2D eigenvalue weighted by Crippen LogP contribution is 2.26. The third-order valence-electron chi connectivity index (χ3n) is 4.70. The minimum atomic E-state index is -0.693. The topological polar surface area (TPSA) is 102 Å². The van der Waals surface area contributed by atoms with Gasteiger partial charge < -0.3 is 16.2 Å². The highest BCUT2D eigenvalue weighted by molar-refractivity contribution is 6.06. The first kappa shape index (κ1) is 18.9. The van der Waals surface area contributed by atoms with Crippen molar-refractivity contribution in [2.24, 2.45) is 11.5 Å². The van der Waals surface area contributed by atoms with E-state index in [2.05, 4.69) is 4.74 Å². The van der Waals surface area contributed by atoms with Crippen LogP contribution >= 0.6 is 0 Å². The average Bonchev–Trinajstić information content (AvgIpc) is 3.09. The second kappa shape index (κ2) is 8.20. The molecule has 1 heterocycles. The summed E-state index contributed by atoms with van der Waals surface area (Å²) in [6, 6.07) is 14.5. The molecule has 2 aromatic carbocycles. The van der Waals surface area contributed by atoms with Crippen LogP contribution in [-0.2, 0) is 22.5 Å². The summed E-state index contributed by atoms with van der Waals surface area (Å²) in [5.41, 5.74) is 15.0. The molecule has 0 spiro atoms. The van der Waals surface area contributed by atoms with Gasteiger partial charge in [-0.25, -0.2) is 4.79 Å². The van der Waals surface area contributed by atoms with Gasteiger partial charge in [-0.3, -0.25) is 14.6 Å². The summed E-state index contributed by atoms with van der Waals surface area (Å²) >= 11 is 0. The summed E-state index contributed by atoms with van der Waals surface area (Å²) in [4.78, 5) is 27.7. The Hall–Kier alpha value is -2.90. The lowest BCUT2D eigenvalue weighted by Gasteiger charge is -2.19. The van der Waals surface area contributed by atoms with E-state index in [1.165, 1.54) is 7.11 Å². The first-order chi connectivity index (χ1) is 13.0. The third-order valence-corrected chi connectivity index (χ3v) is 4.70. The largest absolute Gasteiger partial charge is 0.468 e. The molecule has 4 N–H and O–H groups in total. The van der Waals surface area contributed by atoms with Crippen molar-refractivity contribution < 1.29 is 14.3 Å². The minimum absolute atomic E-state index is 0.0606. The van der Waals surface area contributed by atoms with E-state index in [0.717, 1.165) is 22.5 Å². The van der Waals surface area contributed by atoms with Crippen LogP contribution < -0.4 is 21.3 Å². The van der Waals surface area contributed by atoms with Gasteiger partial charge in [-0.1, -0.05) is 24.3 Å². The maximum absolute atomic E-state index is 12.8. The van der Waals surface area contributed by atoms with Gasteiger partial charge in [0.1, 0.15) is 6.04 Å². The lowest BCUT2D eigenvalue weighted by molar-refractivity contribution is -0.142. The van der Waals surface area contributed by atoms with Crippen molar-refractivity contribution in [3.63, 3.8) is 0 Å². The molecule has 1 fully saturated rings. The van der Waals surface area contributed by atoms with Gasteiger partial charge in [0.15, 0.2) is 0 Å². The number of nitrogens with two attached hydrogens (primary N) is 2. The third kappa shape index (κ3) is 4.10. The molecule has 7 heteroatoms. The second-order valence-corrected chi connectivity index (χ2v) is 6.46. The first-order valence-electron chi connectivity index (χ1n) is 8.84. The van der Waals surface area contributed by atoms with Crippen LogP contribution in [0, 0.1) is 0 Å². The minimum Gasteiger partial charge on any atom is -0.468 e. The van der Waals surface area contributed by atoms with Crippen LogP contribution in [0.3, 0.4) is 0 Å². The predicted octanol–water partition coefficient (Wildman–Crippen LogP) is 1.63. The van der Waals surface area contributed by atoms with E-state index < -0.39 is 12.0 Å². The molecule has 3 rings (SSSR count).